The maximum Gasteiger partial charge on any atom is 0.317 e. The SMILES string of the molecule is COC(=O)C1(c2ccccc2Cl)CC(=O)C1. The van der Waals surface area contributed by atoms with Crippen LogP contribution in [0.25, 0.3) is 0 Å². The van der Waals surface area contributed by atoms with Crippen molar-refractivity contribution < 1.29 is 14.3 Å². The Hall–Kier alpha value is -1.35. The highest BCUT2D eigenvalue weighted by Crippen LogP contribution is 2.44. The molecule has 0 amide bonds. The van der Waals surface area contributed by atoms with Gasteiger partial charge in [-0.25, -0.2) is 0 Å². The van der Waals surface area contributed by atoms with E-state index in [9.17, 15) is 9.59 Å². The maximum absolute atomic E-state index is 11.8. The fraction of sp³-hybridized carbons (Fsp3) is 0.333. The molecule has 0 bridgehead atoms. The van der Waals surface area contributed by atoms with Crippen molar-refractivity contribution in [2.24, 2.45) is 0 Å². The Kier molecular flexibility index (Phi) is 2.72. The quantitative estimate of drug-likeness (QED) is 0.742. The molecular formula is C12H11ClO3. The van der Waals surface area contributed by atoms with E-state index in [0.29, 0.717) is 10.6 Å². The summed E-state index contributed by atoms with van der Waals surface area (Å²) in [6, 6.07) is 7.07. The number of hydrogen-bond donors (Lipinski definition) is 0. The van der Waals surface area contributed by atoms with Crippen LogP contribution in [0.2, 0.25) is 5.02 Å². The number of carbonyl (C=O) groups is 2. The zero-order chi connectivity index (χ0) is 11.8. The molecule has 2 rings (SSSR count). The van der Waals surface area contributed by atoms with Crippen LogP contribution in [0.1, 0.15) is 18.4 Å². The smallest absolute Gasteiger partial charge is 0.317 e. The van der Waals surface area contributed by atoms with Gasteiger partial charge in [0.05, 0.1) is 7.11 Å². The van der Waals surface area contributed by atoms with Gasteiger partial charge < -0.3 is 4.74 Å². The van der Waals surface area contributed by atoms with Gasteiger partial charge in [0.2, 0.25) is 0 Å². The van der Waals surface area contributed by atoms with Crippen LogP contribution in [-0.4, -0.2) is 18.9 Å². The fourth-order valence-corrected chi connectivity index (χ4v) is 2.43. The zero-order valence-corrected chi connectivity index (χ0v) is 9.58. The molecule has 0 radical (unpaired) electrons. The molecular weight excluding hydrogens is 228 g/mol. The van der Waals surface area contributed by atoms with E-state index in [1.165, 1.54) is 7.11 Å². The van der Waals surface area contributed by atoms with Crippen molar-refractivity contribution in [3.8, 4) is 0 Å². The molecule has 1 aliphatic carbocycles. The molecule has 3 nitrogen and oxygen atoms in total. The molecule has 0 heterocycles. The summed E-state index contributed by atoms with van der Waals surface area (Å²) in [7, 11) is 1.32. The van der Waals surface area contributed by atoms with Crippen LogP contribution >= 0.6 is 11.6 Å². The van der Waals surface area contributed by atoms with Crippen LogP contribution in [0, 0.1) is 0 Å². The molecule has 0 aliphatic heterocycles. The Bertz CT molecular complexity index is 445. The molecule has 1 fully saturated rings. The predicted octanol–water partition coefficient (Wildman–Crippen LogP) is 2.11. The van der Waals surface area contributed by atoms with E-state index in [4.69, 9.17) is 16.3 Å². The van der Waals surface area contributed by atoms with E-state index in [1.807, 2.05) is 0 Å². The van der Waals surface area contributed by atoms with Crippen LogP contribution in [0.5, 0.6) is 0 Å². The van der Waals surface area contributed by atoms with Gasteiger partial charge in [0.15, 0.2) is 0 Å². The maximum atomic E-state index is 11.8. The first-order valence-corrected chi connectivity index (χ1v) is 5.33. The third kappa shape index (κ3) is 1.52. The van der Waals surface area contributed by atoms with Gasteiger partial charge >= 0.3 is 5.97 Å². The number of Topliss-reactive ketones (excluding diaryl/α,β-unsaturated/α-hetero) is 1. The van der Waals surface area contributed by atoms with Crippen molar-refractivity contribution in [3.63, 3.8) is 0 Å². The molecule has 16 heavy (non-hydrogen) atoms. The molecule has 0 spiro atoms. The molecule has 1 saturated carbocycles. The summed E-state index contributed by atoms with van der Waals surface area (Å²) in [5.41, 5.74) is -0.174. The minimum absolute atomic E-state index is 0.0605. The van der Waals surface area contributed by atoms with Gasteiger partial charge in [-0.1, -0.05) is 29.8 Å². The molecule has 0 N–H and O–H groups in total. The normalized spacial score (nSPS) is 17.8. The minimum atomic E-state index is -0.857. The highest BCUT2D eigenvalue weighted by atomic mass is 35.5. The van der Waals surface area contributed by atoms with E-state index < -0.39 is 5.41 Å². The average Bonchev–Trinajstić information content (AvgIpc) is 2.24. The van der Waals surface area contributed by atoms with Crippen molar-refractivity contribution in [3.05, 3.63) is 34.9 Å². The van der Waals surface area contributed by atoms with Crippen molar-refractivity contribution in [1.82, 2.24) is 0 Å². The summed E-state index contributed by atoms with van der Waals surface area (Å²) < 4.78 is 4.77. The Balaban J connectivity index is 2.46. The second kappa shape index (κ2) is 3.91. The molecule has 1 aromatic rings. The lowest BCUT2D eigenvalue weighted by atomic mass is 9.63. The number of benzene rings is 1. The summed E-state index contributed by atoms with van der Waals surface area (Å²) in [6.45, 7) is 0. The number of carbonyl (C=O) groups excluding carboxylic acids is 2. The lowest BCUT2D eigenvalue weighted by Gasteiger charge is -2.38. The van der Waals surface area contributed by atoms with Gasteiger partial charge in [0.1, 0.15) is 11.2 Å². The number of rotatable bonds is 2. The molecule has 0 aromatic heterocycles. The van der Waals surface area contributed by atoms with Crippen molar-refractivity contribution >= 4 is 23.4 Å². The number of ether oxygens (including phenoxy) is 1. The second-order valence-corrected chi connectivity index (χ2v) is 4.35. The van der Waals surface area contributed by atoms with Crippen LogP contribution in [-0.2, 0) is 19.7 Å². The van der Waals surface area contributed by atoms with Crippen LogP contribution < -0.4 is 0 Å². The van der Waals surface area contributed by atoms with Gasteiger partial charge in [0, 0.05) is 17.9 Å². The van der Waals surface area contributed by atoms with E-state index in [-0.39, 0.29) is 24.6 Å². The summed E-state index contributed by atoms with van der Waals surface area (Å²) in [5, 5.41) is 0.500. The third-order valence-corrected chi connectivity index (χ3v) is 3.29. The summed E-state index contributed by atoms with van der Waals surface area (Å²) in [4.78, 5) is 23.0. The van der Waals surface area contributed by atoms with E-state index in [2.05, 4.69) is 0 Å². The lowest BCUT2D eigenvalue weighted by Crippen LogP contribution is -2.49. The molecule has 0 atom stereocenters. The Morgan fingerprint density at radius 1 is 1.38 bits per heavy atom. The molecule has 0 unspecified atom stereocenters. The monoisotopic (exact) mass is 238 g/mol. The average molecular weight is 239 g/mol. The molecule has 1 aromatic carbocycles. The van der Waals surface area contributed by atoms with Gasteiger partial charge in [-0.3, -0.25) is 9.59 Å². The standard InChI is InChI=1S/C12H11ClO3/c1-16-11(15)12(6-8(14)7-12)9-4-2-3-5-10(9)13/h2-5H,6-7H2,1H3. The van der Waals surface area contributed by atoms with Crippen LogP contribution in [0.3, 0.4) is 0 Å². The van der Waals surface area contributed by atoms with Gasteiger partial charge in [-0.15, -0.1) is 0 Å². The van der Waals surface area contributed by atoms with Crippen LogP contribution in [0.4, 0.5) is 0 Å². The van der Waals surface area contributed by atoms with Gasteiger partial charge in [0.25, 0.3) is 0 Å². The Morgan fingerprint density at radius 2 is 2.00 bits per heavy atom. The number of hydrogen-bond acceptors (Lipinski definition) is 3. The van der Waals surface area contributed by atoms with E-state index >= 15 is 0 Å². The second-order valence-electron chi connectivity index (χ2n) is 3.95. The first kappa shape index (κ1) is 11.1. The van der Waals surface area contributed by atoms with Crippen molar-refractivity contribution in [2.45, 2.75) is 18.3 Å². The van der Waals surface area contributed by atoms with Gasteiger partial charge in [-0.2, -0.15) is 0 Å². The Labute approximate surface area is 98.4 Å². The summed E-state index contributed by atoms with van der Waals surface area (Å²) in [6.07, 6.45) is 0.368. The molecule has 84 valence electrons. The first-order valence-electron chi connectivity index (χ1n) is 4.95. The highest BCUT2D eigenvalue weighted by molar-refractivity contribution is 6.32. The number of ketones is 1. The van der Waals surface area contributed by atoms with E-state index in [1.54, 1.807) is 24.3 Å². The van der Waals surface area contributed by atoms with Crippen molar-refractivity contribution in [2.75, 3.05) is 7.11 Å². The molecule has 0 saturated heterocycles. The number of esters is 1. The zero-order valence-electron chi connectivity index (χ0n) is 8.83. The summed E-state index contributed by atoms with van der Waals surface area (Å²) in [5.74, 6) is -0.328. The van der Waals surface area contributed by atoms with Gasteiger partial charge in [-0.05, 0) is 11.6 Å². The largest absolute Gasteiger partial charge is 0.468 e. The third-order valence-electron chi connectivity index (χ3n) is 2.96. The minimum Gasteiger partial charge on any atom is -0.468 e. The highest BCUT2D eigenvalue weighted by Gasteiger charge is 2.53. The van der Waals surface area contributed by atoms with Crippen molar-refractivity contribution in [1.29, 1.82) is 0 Å². The van der Waals surface area contributed by atoms with Crippen LogP contribution in [0.15, 0.2) is 24.3 Å². The summed E-state index contributed by atoms with van der Waals surface area (Å²) >= 11 is 6.05. The van der Waals surface area contributed by atoms with E-state index in [0.717, 1.165) is 0 Å². The fourth-order valence-electron chi connectivity index (χ4n) is 2.11. The predicted molar refractivity (Wildman–Crippen MR) is 59.4 cm³/mol. The molecule has 4 heteroatoms. The lowest BCUT2D eigenvalue weighted by molar-refractivity contribution is -0.156. The number of methoxy groups -OCH3 is 1. The first-order chi connectivity index (χ1) is 7.60. The topological polar surface area (TPSA) is 43.4 Å². The molecule has 1 aliphatic rings. The number of halogens is 1. The Morgan fingerprint density at radius 3 is 2.50 bits per heavy atom.